The van der Waals surface area contributed by atoms with Gasteiger partial charge < -0.3 is 4.74 Å². The fourth-order valence-corrected chi connectivity index (χ4v) is 1.19. The van der Waals surface area contributed by atoms with Crippen molar-refractivity contribution in [2.75, 3.05) is 6.61 Å². The summed E-state index contributed by atoms with van der Waals surface area (Å²) < 4.78 is 5.17. The molecule has 88 valence electrons. The Morgan fingerprint density at radius 1 is 1.27 bits per heavy atom. The molecule has 0 aromatic carbocycles. The summed E-state index contributed by atoms with van der Waals surface area (Å²) in [5.41, 5.74) is 0. The van der Waals surface area contributed by atoms with Gasteiger partial charge in [0, 0.05) is 0 Å². The molecular weight excluding hydrogens is 190 g/mol. The van der Waals surface area contributed by atoms with E-state index < -0.39 is 0 Å². The van der Waals surface area contributed by atoms with Gasteiger partial charge in [0.25, 0.3) is 0 Å². The molecular formula is C12H23NO2. The minimum Gasteiger partial charge on any atom is -0.464 e. The second-order valence-corrected chi connectivity index (χ2v) is 4.58. The Morgan fingerprint density at radius 2 is 1.87 bits per heavy atom. The maximum absolute atomic E-state index is 11.6. The zero-order valence-corrected chi connectivity index (χ0v) is 10.5. The minimum atomic E-state index is -0.325. The molecule has 0 aromatic rings. The Hall–Kier alpha value is -0.860. The number of hydrogen-bond donors (Lipinski definition) is 0. The topological polar surface area (TPSA) is 38.7 Å². The highest BCUT2D eigenvalue weighted by molar-refractivity contribution is 5.77. The molecule has 1 atom stereocenters. The number of esters is 1. The molecule has 0 aliphatic carbocycles. The van der Waals surface area contributed by atoms with Gasteiger partial charge in [0.15, 0.2) is 0 Å². The van der Waals surface area contributed by atoms with Crippen LogP contribution in [0.4, 0.5) is 0 Å². The van der Waals surface area contributed by atoms with Crippen LogP contribution in [0.1, 0.15) is 41.0 Å². The van der Waals surface area contributed by atoms with Crippen LogP contribution < -0.4 is 0 Å². The molecule has 0 heterocycles. The highest BCUT2D eigenvalue weighted by atomic mass is 16.5. The van der Waals surface area contributed by atoms with Gasteiger partial charge in [-0.3, -0.25) is 4.99 Å². The minimum absolute atomic E-state index is 0.199. The van der Waals surface area contributed by atoms with Gasteiger partial charge in [-0.2, -0.15) is 0 Å². The summed E-state index contributed by atoms with van der Waals surface area (Å²) in [4.78, 5) is 15.8. The van der Waals surface area contributed by atoms with E-state index in [1.54, 1.807) is 6.21 Å². The molecule has 0 bridgehead atoms. The zero-order chi connectivity index (χ0) is 11.8. The number of aliphatic imine (C=N–C) groups is 1. The van der Waals surface area contributed by atoms with Crippen LogP contribution in [-0.4, -0.2) is 24.8 Å². The second-order valence-electron chi connectivity index (χ2n) is 4.58. The predicted octanol–water partition coefficient (Wildman–Crippen LogP) is 2.69. The summed E-state index contributed by atoms with van der Waals surface area (Å²) in [5.74, 6) is 0.625. The largest absolute Gasteiger partial charge is 0.464 e. The third-order valence-corrected chi connectivity index (χ3v) is 1.85. The van der Waals surface area contributed by atoms with Crippen LogP contribution in [-0.2, 0) is 9.53 Å². The smallest absolute Gasteiger partial charge is 0.330 e. The normalized spacial score (nSPS) is 13.8. The van der Waals surface area contributed by atoms with Gasteiger partial charge in [0.05, 0.1) is 6.61 Å². The maximum Gasteiger partial charge on any atom is 0.330 e. The quantitative estimate of drug-likeness (QED) is 0.502. The summed E-state index contributed by atoms with van der Waals surface area (Å²) in [5, 5.41) is 0. The summed E-state index contributed by atoms with van der Waals surface area (Å²) in [6.07, 6.45) is 2.42. The van der Waals surface area contributed by atoms with Crippen molar-refractivity contribution >= 4 is 12.2 Å². The van der Waals surface area contributed by atoms with Crippen molar-refractivity contribution in [3.8, 4) is 0 Å². The van der Waals surface area contributed by atoms with Gasteiger partial charge in [0.1, 0.15) is 6.04 Å². The molecule has 0 spiro atoms. The van der Waals surface area contributed by atoms with Crippen LogP contribution in [0.25, 0.3) is 0 Å². The van der Waals surface area contributed by atoms with Crippen molar-refractivity contribution in [3.63, 3.8) is 0 Å². The predicted molar refractivity (Wildman–Crippen MR) is 63.2 cm³/mol. The highest BCUT2D eigenvalue weighted by Crippen LogP contribution is 2.10. The van der Waals surface area contributed by atoms with Crippen molar-refractivity contribution in [3.05, 3.63) is 0 Å². The van der Waals surface area contributed by atoms with Gasteiger partial charge >= 0.3 is 5.97 Å². The lowest BCUT2D eigenvalue weighted by molar-refractivity contribution is -0.146. The standard InChI is InChI=1S/C12H23NO2/c1-6-13-11(7-9(2)3)12(14)15-8-10(4)5/h6,9-11H,7-8H2,1-5H3. The molecule has 15 heavy (non-hydrogen) atoms. The molecule has 3 heteroatoms. The van der Waals surface area contributed by atoms with Gasteiger partial charge in [-0.1, -0.05) is 27.7 Å². The number of hydrogen-bond acceptors (Lipinski definition) is 3. The van der Waals surface area contributed by atoms with Crippen LogP contribution in [0.5, 0.6) is 0 Å². The van der Waals surface area contributed by atoms with E-state index >= 15 is 0 Å². The number of carbonyl (C=O) groups is 1. The zero-order valence-electron chi connectivity index (χ0n) is 10.5. The fraction of sp³-hybridized carbons (Fsp3) is 0.833. The molecule has 0 aromatic heterocycles. The molecule has 0 aliphatic rings. The number of carbonyl (C=O) groups excluding carboxylic acids is 1. The maximum atomic E-state index is 11.6. The van der Waals surface area contributed by atoms with Crippen LogP contribution in [0.15, 0.2) is 4.99 Å². The molecule has 0 radical (unpaired) electrons. The summed E-state index contributed by atoms with van der Waals surface area (Å²) in [6, 6.07) is -0.325. The van der Waals surface area contributed by atoms with Crippen molar-refractivity contribution in [2.45, 2.75) is 47.1 Å². The van der Waals surface area contributed by atoms with E-state index in [1.807, 2.05) is 20.8 Å². The third-order valence-electron chi connectivity index (χ3n) is 1.85. The molecule has 1 unspecified atom stereocenters. The average molecular weight is 213 g/mol. The first-order valence-electron chi connectivity index (χ1n) is 5.61. The van der Waals surface area contributed by atoms with Gasteiger partial charge in [0.2, 0.25) is 0 Å². The first kappa shape index (κ1) is 14.1. The first-order valence-corrected chi connectivity index (χ1v) is 5.61. The van der Waals surface area contributed by atoms with Gasteiger partial charge in [-0.25, -0.2) is 4.79 Å². The lowest BCUT2D eigenvalue weighted by atomic mass is 10.0. The summed E-state index contributed by atoms with van der Waals surface area (Å²) in [7, 11) is 0. The van der Waals surface area contributed by atoms with E-state index in [-0.39, 0.29) is 12.0 Å². The lowest BCUT2D eigenvalue weighted by Crippen LogP contribution is -2.25. The van der Waals surface area contributed by atoms with E-state index in [9.17, 15) is 4.79 Å². The average Bonchev–Trinajstić information content (AvgIpc) is 2.12. The molecule has 0 amide bonds. The number of ether oxygens (including phenoxy) is 1. The van der Waals surface area contributed by atoms with Gasteiger partial charge in [-0.15, -0.1) is 0 Å². The molecule has 0 rings (SSSR count). The summed E-state index contributed by atoms with van der Waals surface area (Å²) >= 11 is 0. The van der Waals surface area contributed by atoms with E-state index in [4.69, 9.17) is 4.74 Å². The second kappa shape index (κ2) is 7.43. The van der Waals surface area contributed by atoms with E-state index in [0.29, 0.717) is 18.4 Å². The molecule has 0 fully saturated rings. The highest BCUT2D eigenvalue weighted by Gasteiger charge is 2.19. The van der Waals surface area contributed by atoms with Crippen LogP contribution >= 0.6 is 0 Å². The van der Waals surface area contributed by atoms with Crippen molar-refractivity contribution in [1.29, 1.82) is 0 Å². The van der Waals surface area contributed by atoms with Crippen molar-refractivity contribution < 1.29 is 9.53 Å². The number of rotatable bonds is 6. The Labute approximate surface area is 92.9 Å². The Kier molecular flexibility index (Phi) is 7.01. The van der Waals surface area contributed by atoms with Crippen molar-refractivity contribution in [2.24, 2.45) is 16.8 Å². The molecule has 0 N–H and O–H groups in total. The van der Waals surface area contributed by atoms with Gasteiger partial charge in [-0.05, 0) is 31.4 Å². The molecule has 0 aliphatic heterocycles. The molecule has 3 nitrogen and oxygen atoms in total. The fourth-order valence-electron chi connectivity index (χ4n) is 1.19. The third kappa shape index (κ3) is 7.11. The van der Waals surface area contributed by atoms with E-state index in [2.05, 4.69) is 18.8 Å². The van der Waals surface area contributed by atoms with E-state index in [0.717, 1.165) is 6.42 Å². The molecule has 0 saturated carbocycles. The number of nitrogens with zero attached hydrogens (tertiary/aromatic N) is 1. The SMILES string of the molecule is CC=NC(CC(C)C)C(=O)OCC(C)C. The Morgan fingerprint density at radius 3 is 2.27 bits per heavy atom. The van der Waals surface area contributed by atoms with Crippen LogP contribution in [0.3, 0.4) is 0 Å². The van der Waals surface area contributed by atoms with E-state index in [1.165, 1.54) is 0 Å². The van der Waals surface area contributed by atoms with Crippen LogP contribution in [0, 0.1) is 11.8 Å². The lowest BCUT2D eigenvalue weighted by Gasteiger charge is -2.14. The first-order chi connectivity index (χ1) is 6.97. The molecule has 0 saturated heterocycles. The Bertz CT molecular complexity index is 210. The van der Waals surface area contributed by atoms with Crippen LogP contribution in [0.2, 0.25) is 0 Å². The van der Waals surface area contributed by atoms with Crippen molar-refractivity contribution in [1.82, 2.24) is 0 Å². The monoisotopic (exact) mass is 213 g/mol. The Balaban J connectivity index is 4.16. The summed E-state index contributed by atoms with van der Waals surface area (Å²) in [6.45, 7) is 10.5.